The highest BCUT2D eigenvalue weighted by Crippen LogP contribution is 2.43. The van der Waals surface area contributed by atoms with Crippen LogP contribution in [-0.2, 0) is 21.4 Å². The van der Waals surface area contributed by atoms with Crippen LogP contribution in [0.5, 0.6) is 11.5 Å². The third-order valence-corrected chi connectivity index (χ3v) is 11.7. The Bertz CT molecular complexity index is 2340. The SMILES string of the molecule is Cc1nn(C)cc1-c1nc2ncc(Cl)c(Oc3ccc(C(=O)N4CC[C@H](CC(=O)N5CC6(C5)CN(c5ccc([C@@H]7CCC(=O)NC7=O)cc5)C6)C4)cc3)c2[nH]1. The van der Waals surface area contributed by atoms with Gasteiger partial charge in [-0.15, -0.1) is 0 Å². The van der Waals surface area contributed by atoms with Crippen molar-refractivity contribution in [3.63, 3.8) is 0 Å². The second-order valence-corrected chi connectivity index (χ2v) is 15.9. The number of ether oxygens (including phenoxy) is 1. The number of halogens is 1. The quantitative estimate of drug-likeness (QED) is 0.211. The van der Waals surface area contributed by atoms with E-state index in [-0.39, 0.29) is 40.9 Å². The molecule has 282 valence electrons. The Hall–Kier alpha value is -5.76. The molecule has 14 nitrogen and oxygen atoms in total. The number of anilines is 1. The molecule has 0 aliphatic carbocycles. The van der Waals surface area contributed by atoms with Gasteiger partial charge in [0, 0.05) is 82.0 Å². The van der Waals surface area contributed by atoms with Gasteiger partial charge >= 0.3 is 0 Å². The van der Waals surface area contributed by atoms with Crippen LogP contribution >= 0.6 is 11.6 Å². The van der Waals surface area contributed by atoms with Crippen LogP contribution in [0.25, 0.3) is 22.6 Å². The number of pyridine rings is 1. The number of carbonyl (C=O) groups is 4. The van der Waals surface area contributed by atoms with E-state index in [4.69, 9.17) is 16.3 Å². The second kappa shape index (κ2) is 13.5. The molecule has 1 spiro atoms. The molecule has 0 saturated carbocycles. The summed E-state index contributed by atoms with van der Waals surface area (Å²) < 4.78 is 7.92. The highest BCUT2D eigenvalue weighted by Gasteiger charge is 2.53. The summed E-state index contributed by atoms with van der Waals surface area (Å²) in [6, 6.07) is 15.0. The van der Waals surface area contributed by atoms with Gasteiger partial charge < -0.3 is 24.4 Å². The van der Waals surface area contributed by atoms with Crippen LogP contribution in [-0.4, -0.2) is 97.4 Å². The molecule has 55 heavy (non-hydrogen) atoms. The van der Waals surface area contributed by atoms with E-state index in [1.54, 1.807) is 28.9 Å². The molecule has 4 aliphatic rings. The summed E-state index contributed by atoms with van der Waals surface area (Å²) in [4.78, 5) is 68.8. The second-order valence-electron chi connectivity index (χ2n) is 15.5. The Morgan fingerprint density at radius 2 is 1.76 bits per heavy atom. The van der Waals surface area contributed by atoms with E-state index in [1.165, 1.54) is 6.20 Å². The van der Waals surface area contributed by atoms with E-state index in [9.17, 15) is 19.2 Å². The first-order valence-electron chi connectivity index (χ1n) is 18.6. The van der Waals surface area contributed by atoms with E-state index in [1.807, 2.05) is 54.2 Å². The van der Waals surface area contributed by atoms with Crippen molar-refractivity contribution in [2.75, 3.05) is 44.2 Å². The van der Waals surface area contributed by atoms with Crippen molar-refractivity contribution in [3.8, 4) is 22.9 Å². The summed E-state index contributed by atoms with van der Waals surface area (Å²) in [5, 5.41) is 7.15. The molecule has 9 rings (SSSR count). The van der Waals surface area contributed by atoms with Gasteiger partial charge in [-0.2, -0.15) is 5.10 Å². The van der Waals surface area contributed by atoms with E-state index < -0.39 is 0 Å². The number of imidazole rings is 1. The highest BCUT2D eigenvalue weighted by atomic mass is 35.5. The zero-order valence-corrected chi connectivity index (χ0v) is 31.3. The first kappa shape index (κ1) is 35.0. The molecular weight excluding hydrogens is 722 g/mol. The normalized spacial score (nSPS) is 20.5. The number of rotatable bonds is 8. The third kappa shape index (κ3) is 6.58. The van der Waals surface area contributed by atoms with Gasteiger partial charge in [0.1, 0.15) is 22.1 Å². The van der Waals surface area contributed by atoms with Crippen LogP contribution < -0.4 is 15.0 Å². The van der Waals surface area contributed by atoms with E-state index in [2.05, 4.69) is 30.3 Å². The minimum absolute atomic E-state index is 0.0708. The Kier molecular flexibility index (Phi) is 8.60. The van der Waals surface area contributed by atoms with Gasteiger partial charge in [-0.1, -0.05) is 23.7 Å². The van der Waals surface area contributed by atoms with E-state index in [0.717, 1.165) is 55.1 Å². The molecule has 4 fully saturated rings. The molecule has 0 bridgehead atoms. The number of carbonyl (C=O) groups excluding carboxylic acids is 4. The number of aromatic amines is 1. The Labute approximate surface area is 321 Å². The number of fused-ring (bicyclic) bond motifs is 1. The molecule has 2 N–H and O–H groups in total. The van der Waals surface area contributed by atoms with Gasteiger partial charge in [0.25, 0.3) is 5.91 Å². The maximum atomic E-state index is 13.5. The molecule has 15 heteroatoms. The van der Waals surface area contributed by atoms with Crippen LogP contribution in [0, 0.1) is 18.3 Å². The topological polar surface area (TPSA) is 159 Å². The molecule has 4 amide bonds. The molecule has 0 radical (unpaired) electrons. The lowest BCUT2D eigenvalue weighted by atomic mass is 9.72. The number of hydrogen-bond donors (Lipinski definition) is 2. The van der Waals surface area contributed by atoms with Crippen molar-refractivity contribution in [3.05, 3.63) is 82.8 Å². The number of piperidine rings is 1. The molecule has 3 aromatic heterocycles. The van der Waals surface area contributed by atoms with Gasteiger partial charge in [0.05, 0.1) is 23.4 Å². The number of benzene rings is 2. The minimum atomic E-state index is -0.287. The van der Waals surface area contributed by atoms with Crippen molar-refractivity contribution in [1.29, 1.82) is 0 Å². The number of nitrogens with one attached hydrogen (secondary N) is 2. The Morgan fingerprint density at radius 3 is 2.47 bits per heavy atom. The van der Waals surface area contributed by atoms with E-state index in [0.29, 0.717) is 71.4 Å². The summed E-state index contributed by atoms with van der Waals surface area (Å²) in [6.07, 6.45) is 5.52. The lowest BCUT2D eigenvalue weighted by molar-refractivity contribution is -0.146. The van der Waals surface area contributed by atoms with Crippen LogP contribution in [0.2, 0.25) is 5.02 Å². The predicted octanol–water partition coefficient (Wildman–Crippen LogP) is 4.83. The van der Waals surface area contributed by atoms with Crippen molar-refractivity contribution in [1.82, 2.24) is 39.8 Å². The maximum absolute atomic E-state index is 13.5. The summed E-state index contributed by atoms with van der Waals surface area (Å²) >= 11 is 6.52. The number of amides is 4. The minimum Gasteiger partial charge on any atom is -0.453 e. The number of likely N-dealkylation sites (tertiary alicyclic amines) is 2. The molecule has 4 aliphatic heterocycles. The first-order valence-corrected chi connectivity index (χ1v) is 19.0. The van der Waals surface area contributed by atoms with Crippen LogP contribution in [0.1, 0.15) is 53.2 Å². The molecular formula is C40H40ClN9O5. The fraction of sp³-hybridized carbons (Fsp3) is 0.375. The average Bonchev–Trinajstić information content (AvgIpc) is 3.87. The predicted molar refractivity (Wildman–Crippen MR) is 204 cm³/mol. The van der Waals surface area contributed by atoms with Gasteiger partial charge in [-0.25, -0.2) is 9.97 Å². The lowest BCUT2D eigenvalue weighted by Crippen LogP contribution is -2.73. The smallest absolute Gasteiger partial charge is 0.253 e. The summed E-state index contributed by atoms with van der Waals surface area (Å²) in [5.74, 6) is 0.999. The third-order valence-electron chi connectivity index (χ3n) is 11.4. The fourth-order valence-electron chi connectivity index (χ4n) is 8.51. The zero-order chi connectivity index (χ0) is 38.0. The largest absolute Gasteiger partial charge is 0.453 e. The summed E-state index contributed by atoms with van der Waals surface area (Å²) in [5.41, 5.74) is 5.40. The number of nitrogens with zero attached hydrogens (tertiary/aromatic N) is 7. The van der Waals surface area contributed by atoms with Gasteiger partial charge in [0.2, 0.25) is 17.7 Å². The molecule has 5 aromatic rings. The molecule has 7 heterocycles. The Balaban J connectivity index is 0.749. The summed E-state index contributed by atoms with van der Waals surface area (Å²) in [7, 11) is 1.85. The zero-order valence-electron chi connectivity index (χ0n) is 30.5. The lowest BCUT2D eigenvalue weighted by Gasteiger charge is -2.61. The number of hydrogen-bond acceptors (Lipinski definition) is 9. The molecule has 4 saturated heterocycles. The first-order chi connectivity index (χ1) is 26.5. The molecule has 2 atom stereocenters. The Morgan fingerprint density at radius 1 is 1.00 bits per heavy atom. The average molecular weight is 762 g/mol. The molecule has 0 unspecified atom stereocenters. The maximum Gasteiger partial charge on any atom is 0.253 e. The standard InChI is InChI=1S/C40H40ClN9O5/c1-23-30(18-47(2)46-23)36-44-34-35(31(41)16-42-37(34)45-36)55-28-9-5-26(6-10-28)39(54)48-14-13-24(17-48)15-33(52)50-21-40(22-50)19-49(20-40)27-7-3-25(4-8-27)29-11-12-32(51)43-38(29)53/h3-10,16,18,24,29H,11-15,17,19-22H2,1-2H3,(H,42,44,45)(H,43,51,53)/t24-,29+/m1/s1. The monoisotopic (exact) mass is 761 g/mol. The van der Waals surface area contributed by atoms with Crippen molar-refractivity contribution >= 4 is 52.1 Å². The van der Waals surface area contributed by atoms with Gasteiger partial charge in [0.15, 0.2) is 11.4 Å². The van der Waals surface area contributed by atoms with E-state index >= 15 is 0 Å². The molecule has 2 aromatic carbocycles. The van der Waals surface area contributed by atoms with Crippen LogP contribution in [0.3, 0.4) is 0 Å². The van der Waals surface area contributed by atoms with Gasteiger partial charge in [-0.3, -0.25) is 29.2 Å². The van der Waals surface area contributed by atoms with Crippen molar-refractivity contribution in [2.24, 2.45) is 18.4 Å². The van der Waals surface area contributed by atoms with Crippen LogP contribution in [0.15, 0.2) is 60.9 Å². The fourth-order valence-corrected chi connectivity index (χ4v) is 8.69. The van der Waals surface area contributed by atoms with Crippen molar-refractivity contribution < 1.29 is 23.9 Å². The van der Waals surface area contributed by atoms with Crippen LogP contribution in [0.4, 0.5) is 5.69 Å². The highest BCUT2D eigenvalue weighted by molar-refractivity contribution is 6.32. The van der Waals surface area contributed by atoms with Gasteiger partial charge in [-0.05, 0) is 67.6 Å². The number of imide groups is 1. The number of H-pyrrole nitrogens is 1. The summed E-state index contributed by atoms with van der Waals surface area (Å²) in [6.45, 7) is 6.35. The number of aryl methyl sites for hydroxylation is 2. The van der Waals surface area contributed by atoms with Crippen molar-refractivity contribution in [2.45, 2.75) is 38.5 Å². The number of aromatic nitrogens is 5.